The van der Waals surface area contributed by atoms with E-state index in [0.29, 0.717) is 43.5 Å². The van der Waals surface area contributed by atoms with E-state index in [9.17, 15) is 9.90 Å². The van der Waals surface area contributed by atoms with Crippen molar-refractivity contribution in [3.05, 3.63) is 24.3 Å². The van der Waals surface area contributed by atoms with Gasteiger partial charge in [0.25, 0.3) is 0 Å². The van der Waals surface area contributed by atoms with Gasteiger partial charge in [-0.1, -0.05) is 80.9 Å². The molecule has 8 nitrogen and oxygen atoms in total. The second-order valence-corrected chi connectivity index (χ2v) is 19.4. The number of nitrogens with two attached hydrogens (primary N) is 1. The molecule has 1 unspecified atom stereocenters. The zero-order chi connectivity index (χ0) is 34.6. The molecule has 12 atom stereocenters. The number of aliphatic carboxylic acids is 1. The smallest absolute Gasteiger partial charge is 0.307 e. The predicted octanol–water partition coefficient (Wildman–Crippen LogP) is 7.56. The van der Waals surface area contributed by atoms with E-state index in [-0.39, 0.29) is 44.6 Å². The van der Waals surface area contributed by atoms with E-state index in [1.54, 1.807) is 6.33 Å². The first-order valence-corrected chi connectivity index (χ1v) is 18.5. The van der Waals surface area contributed by atoms with Crippen LogP contribution in [0.15, 0.2) is 24.3 Å². The topological polar surface area (TPSA) is 112 Å². The molecule has 2 bridgehead atoms. The Bertz CT molecular complexity index is 1380. The third-order valence-corrected chi connectivity index (χ3v) is 16.1. The number of hydrogen-bond acceptors (Lipinski definition) is 6. The van der Waals surface area contributed by atoms with Gasteiger partial charge in [0.15, 0.2) is 0 Å². The van der Waals surface area contributed by atoms with Crippen LogP contribution in [0.25, 0.3) is 0 Å². The Hall–Kier alpha value is -1.77. The number of nitrogens with zero attached hydrogens (tertiary/aromatic N) is 3. The molecule has 0 aromatic carbocycles. The summed E-state index contributed by atoms with van der Waals surface area (Å²) in [5, 5.41) is 15.7. The first kappa shape index (κ1) is 35.1. The molecule has 0 spiro atoms. The largest absolute Gasteiger partial charge is 0.481 e. The summed E-state index contributed by atoms with van der Waals surface area (Å²) in [5.74, 6) is 0.468. The minimum absolute atomic E-state index is 0.00695. The average Bonchev–Trinajstić information content (AvgIpc) is 3.50. The van der Waals surface area contributed by atoms with Gasteiger partial charge in [-0.2, -0.15) is 5.10 Å². The van der Waals surface area contributed by atoms with Crippen LogP contribution < -0.4 is 5.73 Å². The third kappa shape index (κ3) is 4.80. The Morgan fingerprint density at radius 1 is 1.11 bits per heavy atom. The Morgan fingerprint density at radius 2 is 1.81 bits per heavy atom. The Balaban J connectivity index is 1.43. The van der Waals surface area contributed by atoms with Gasteiger partial charge >= 0.3 is 5.97 Å². The lowest BCUT2D eigenvalue weighted by molar-refractivity contribution is -0.253. The average molecular weight is 653 g/mol. The number of fused-ring (bicyclic) bond motifs is 3. The van der Waals surface area contributed by atoms with E-state index in [1.165, 1.54) is 5.57 Å². The number of aromatic nitrogens is 3. The number of carbonyl (C=O) groups is 1. The number of carboxylic acid groups (broad SMARTS) is 1. The summed E-state index contributed by atoms with van der Waals surface area (Å²) >= 11 is 0. The lowest BCUT2D eigenvalue weighted by atomic mass is 9.34. The molecule has 2 heterocycles. The second kappa shape index (κ2) is 11.1. The lowest BCUT2D eigenvalue weighted by Gasteiger charge is -2.71. The molecule has 4 fully saturated rings. The van der Waals surface area contributed by atoms with Gasteiger partial charge < -0.3 is 20.3 Å². The standard InChI is InChI=1S/C39H64N4O4/c1-24(2)25(3)34(7)16-17-36(9)26-12-13-29-35(8)19-46-21-39(29,27(26)14-15-37(36,10)30(34)32(44)45)18-28(43-23-41-22-42-43)31(35)47-20-38(11,40)33(4,5)6/h14,22-26,28-31H,12-13,15-21,40H2,1-11H3,(H,44,45)/t25-,26+,28-,29+,30-,31+,34-,35+,36-,37+,38+,39?/m1/s1. The zero-order valence-electron chi connectivity index (χ0n) is 31.2. The summed E-state index contributed by atoms with van der Waals surface area (Å²) in [6, 6.07) is -0.00695. The summed E-state index contributed by atoms with van der Waals surface area (Å²) in [7, 11) is 0. The van der Waals surface area contributed by atoms with Crippen LogP contribution in [-0.4, -0.2) is 57.3 Å². The Kier molecular flexibility index (Phi) is 8.29. The minimum Gasteiger partial charge on any atom is -0.481 e. The van der Waals surface area contributed by atoms with Gasteiger partial charge in [0.05, 0.1) is 37.9 Å². The molecule has 4 aliphatic carbocycles. The first-order chi connectivity index (χ1) is 21.7. The maximum atomic E-state index is 13.4. The van der Waals surface area contributed by atoms with Crippen LogP contribution in [0.3, 0.4) is 0 Å². The predicted molar refractivity (Wildman–Crippen MR) is 184 cm³/mol. The maximum Gasteiger partial charge on any atom is 0.307 e. The molecule has 3 N–H and O–H groups in total. The summed E-state index contributed by atoms with van der Waals surface area (Å²) in [6.07, 6.45) is 11.7. The van der Waals surface area contributed by atoms with Crippen LogP contribution in [-0.2, 0) is 14.3 Å². The molecule has 1 aliphatic heterocycles. The summed E-state index contributed by atoms with van der Waals surface area (Å²) in [6.45, 7) is 26.7. The van der Waals surface area contributed by atoms with Crippen LogP contribution in [0.2, 0.25) is 0 Å². The van der Waals surface area contributed by atoms with E-state index < -0.39 is 17.4 Å². The maximum absolute atomic E-state index is 13.4. The van der Waals surface area contributed by atoms with Gasteiger partial charge in [-0.05, 0) is 90.8 Å². The Morgan fingerprint density at radius 3 is 2.40 bits per heavy atom. The van der Waals surface area contributed by atoms with Crippen LogP contribution in [0.1, 0.15) is 121 Å². The lowest BCUT2D eigenvalue weighted by Crippen LogP contribution is -2.69. The van der Waals surface area contributed by atoms with Crippen molar-refractivity contribution in [2.45, 2.75) is 132 Å². The SMILES string of the molecule is CC(C)[C@@H](C)[C@@]1(C)CC[C@]2(C)[C@H]3CC[C@@H]4C5(COC[C@]4(C)[C@@H](OC[C@](C)(N)C(C)(C)C)[C@H](n4cncn4)C5)C3=CC[C@@]2(C)[C@@H]1C(=O)O. The first-order valence-electron chi connectivity index (χ1n) is 18.5. The molecule has 0 radical (unpaired) electrons. The van der Waals surface area contributed by atoms with Crippen molar-refractivity contribution in [3.8, 4) is 0 Å². The van der Waals surface area contributed by atoms with Crippen LogP contribution in [0.5, 0.6) is 0 Å². The molecule has 0 amide bonds. The van der Waals surface area contributed by atoms with Crippen molar-refractivity contribution in [1.29, 1.82) is 0 Å². The van der Waals surface area contributed by atoms with Gasteiger partial charge in [-0.25, -0.2) is 9.67 Å². The monoisotopic (exact) mass is 652 g/mol. The number of hydrogen-bond donors (Lipinski definition) is 2. The molecule has 3 saturated carbocycles. The fraction of sp³-hybridized carbons (Fsp3) is 0.872. The minimum atomic E-state index is -0.614. The van der Waals surface area contributed by atoms with E-state index in [0.717, 1.165) is 38.5 Å². The van der Waals surface area contributed by atoms with Crippen LogP contribution >= 0.6 is 0 Å². The number of rotatable bonds is 7. The highest BCUT2D eigenvalue weighted by Gasteiger charge is 2.72. The molecule has 1 saturated heterocycles. The highest BCUT2D eigenvalue weighted by Crippen LogP contribution is 2.75. The van der Waals surface area contributed by atoms with Gasteiger partial charge in [-0.15, -0.1) is 0 Å². The van der Waals surface area contributed by atoms with Gasteiger partial charge in [0.1, 0.15) is 12.7 Å². The summed E-state index contributed by atoms with van der Waals surface area (Å²) in [5.41, 5.74) is 6.70. The summed E-state index contributed by atoms with van der Waals surface area (Å²) < 4.78 is 15.8. The molecule has 264 valence electrons. The van der Waals surface area contributed by atoms with Crippen LogP contribution in [0.4, 0.5) is 0 Å². The molecular formula is C39H64N4O4. The van der Waals surface area contributed by atoms with Gasteiger partial charge in [-0.3, -0.25) is 4.79 Å². The van der Waals surface area contributed by atoms with Gasteiger partial charge in [0.2, 0.25) is 0 Å². The van der Waals surface area contributed by atoms with E-state index in [1.807, 2.05) is 11.0 Å². The number of ether oxygens (including phenoxy) is 2. The van der Waals surface area contributed by atoms with E-state index in [2.05, 4.69) is 87.2 Å². The number of carboxylic acids is 1. The van der Waals surface area contributed by atoms with Crippen molar-refractivity contribution in [2.24, 2.45) is 67.8 Å². The molecule has 1 aromatic rings. The highest BCUT2D eigenvalue weighted by atomic mass is 16.5. The van der Waals surface area contributed by atoms with Crippen molar-refractivity contribution in [3.63, 3.8) is 0 Å². The summed E-state index contributed by atoms with van der Waals surface area (Å²) in [4.78, 5) is 17.8. The van der Waals surface area contributed by atoms with Crippen molar-refractivity contribution < 1.29 is 19.4 Å². The van der Waals surface area contributed by atoms with Crippen molar-refractivity contribution in [2.75, 3.05) is 19.8 Å². The molecule has 8 heteroatoms. The fourth-order valence-electron chi connectivity index (χ4n) is 12.0. The van der Waals surface area contributed by atoms with Crippen molar-refractivity contribution >= 4 is 5.97 Å². The molecule has 1 aromatic heterocycles. The normalized spacial score (nSPS) is 45.2. The third-order valence-electron chi connectivity index (χ3n) is 16.1. The molecular weight excluding hydrogens is 588 g/mol. The zero-order valence-corrected chi connectivity index (χ0v) is 31.2. The molecule has 5 aliphatic rings. The van der Waals surface area contributed by atoms with Crippen molar-refractivity contribution in [1.82, 2.24) is 14.8 Å². The Labute approximate surface area is 284 Å². The highest BCUT2D eigenvalue weighted by molar-refractivity contribution is 5.73. The number of allylic oxidation sites excluding steroid dienone is 1. The second-order valence-electron chi connectivity index (χ2n) is 19.4. The fourth-order valence-corrected chi connectivity index (χ4v) is 12.0. The van der Waals surface area contributed by atoms with E-state index >= 15 is 0 Å². The van der Waals surface area contributed by atoms with Gasteiger partial charge in [0, 0.05) is 16.4 Å². The molecule has 6 rings (SSSR count). The quantitative estimate of drug-likeness (QED) is 0.293. The molecule has 47 heavy (non-hydrogen) atoms. The van der Waals surface area contributed by atoms with Crippen LogP contribution in [0, 0.1) is 62.1 Å². The van der Waals surface area contributed by atoms with E-state index in [4.69, 9.17) is 20.3 Å².